The molecule has 1 unspecified atom stereocenters. The van der Waals surface area contributed by atoms with Gasteiger partial charge in [-0.25, -0.2) is 0 Å². The highest BCUT2D eigenvalue weighted by atomic mass is 127. The molecule has 1 aromatic heterocycles. The quantitative estimate of drug-likeness (QED) is 0.246. The lowest BCUT2D eigenvalue weighted by Gasteiger charge is -2.33. The first-order valence-electron chi connectivity index (χ1n) is 11.9. The number of hydrogen-bond donors (Lipinski definition) is 2. The number of guanidine groups is 1. The standard InChI is InChI=1S/C24H39N7O.HI/c1-4-23-29-28-19-31(23)13-12-26-24(25-11-10-21-8-6-5-7-9-21)27-16-22-18-30(14-15-32-22)17-20(2)3;/h5-9,19-20,22H,4,10-18H2,1-3H3,(H2,25,26,27);1H. The average Bonchev–Trinajstić information content (AvgIpc) is 3.25. The highest BCUT2D eigenvalue weighted by Crippen LogP contribution is 2.08. The van der Waals surface area contributed by atoms with E-state index >= 15 is 0 Å². The van der Waals surface area contributed by atoms with Crippen LogP contribution < -0.4 is 10.6 Å². The molecule has 8 nitrogen and oxygen atoms in total. The van der Waals surface area contributed by atoms with Gasteiger partial charge < -0.3 is 19.9 Å². The molecular weight excluding hydrogens is 529 g/mol. The highest BCUT2D eigenvalue weighted by molar-refractivity contribution is 14.0. The first-order chi connectivity index (χ1) is 15.6. The molecule has 9 heteroatoms. The summed E-state index contributed by atoms with van der Waals surface area (Å²) in [6.45, 7) is 13.5. The molecule has 0 spiro atoms. The molecule has 2 N–H and O–H groups in total. The van der Waals surface area contributed by atoms with Crippen LogP contribution in [0.2, 0.25) is 0 Å². The lowest BCUT2D eigenvalue weighted by Crippen LogP contribution is -2.46. The maximum Gasteiger partial charge on any atom is 0.191 e. The Morgan fingerprint density at radius 1 is 1.21 bits per heavy atom. The summed E-state index contributed by atoms with van der Waals surface area (Å²) in [5.41, 5.74) is 1.32. The number of halogens is 1. The lowest BCUT2D eigenvalue weighted by atomic mass is 10.1. The van der Waals surface area contributed by atoms with Crippen LogP contribution in [0, 0.1) is 5.92 Å². The molecule has 1 aromatic carbocycles. The molecule has 0 aliphatic carbocycles. The molecule has 0 saturated carbocycles. The predicted molar refractivity (Wildman–Crippen MR) is 144 cm³/mol. The van der Waals surface area contributed by atoms with Crippen molar-refractivity contribution in [3.63, 3.8) is 0 Å². The Morgan fingerprint density at radius 3 is 2.76 bits per heavy atom. The molecule has 1 saturated heterocycles. The fourth-order valence-electron chi connectivity index (χ4n) is 3.94. The van der Waals surface area contributed by atoms with E-state index in [-0.39, 0.29) is 30.1 Å². The van der Waals surface area contributed by atoms with Gasteiger partial charge in [-0.2, -0.15) is 0 Å². The van der Waals surface area contributed by atoms with Crippen molar-refractivity contribution in [2.24, 2.45) is 10.9 Å². The van der Waals surface area contributed by atoms with E-state index in [0.29, 0.717) is 12.5 Å². The Labute approximate surface area is 215 Å². The lowest BCUT2D eigenvalue weighted by molar-refractivity contribution is -0.0261. The minimum atomic E-state index is 0. The van der Waals surface area contributed by atoms with Crippen LogP contribution >= 0.6 is 24.0 Å². The van der Waals surface area contributed by atoms with Crippen molar-refractivity contribution in [2.45, 2.75) is 46.3 Å². The molecule has 1 aliphatic rings. The van der Waals surface area contributed by atoms with Gasteiger partial charge in [0, 0.05) is 45.7 Å². The van der Waals surface area contributed by atoms with Crippen LogP contribution in [-0.4, -0.2) is 77.6 Å². The van der Waals surface area contributed by atoms with E-state index in [2.05, 4.69) is 75.3 Å². The van der Waals surface area contributed by atoms with Crippen molar-refractivity contribution in [1.82, 2.24) is 30.3 Å². The van der Waals surface area contributed by atoms with Gasteiger partial charge in [-0.05, 0) is 17.9 Å². The molecule has 0 radical (unpaired) electrons. The van der Waals surface area contributed by atoms with Gasteiger partial charge in [0.2, 0.25) is 0 Å². The molecule has 3 rings (SSSR count). The van der Waals surface area contributed by atoms with E-state index in [1.165, 1.54) is 5.56 Å². The molecule has 1 aliphatic heterocycles. The minimum Gasteiger partial charge on any atom is -0.374 e. The second-order valence-electron chi connectivity index (χ2n) is 8.72. The van der Waals surface area contributed by atoms with Gasteiger partial charge in [-0.15, -0.1) is 34.2 Å². The van der Waals surface area contributed by atoms with Gasteiger partial charge in [0.05, 0.1) is 19.3 Å². The van der Waals surface area contributed by atoms with E-state index in [1.807, 2.05) is 6.07 Å². The molecule has 0 amide bonds. The van der Waals surface area contributed by atoms with Crippen LogP contribution in [0.4, 0.5) is 0 Å². The van der Waals surface area contributed by atoms with E-state index in [1.54, 1.807) is 6.33 Å². The van der Waals surface area contributed by atoms with E-state index < -0.39 is 0 Å². The van der Waals surface area contributed by atoms with E-state index in [0.717, 1.165) is 70.5 Å². The summed E-state index contributed by atoms with van der Waals surface area (Å²) in [4.78, 5) is 7.34. The number of benzene rings is 1. The van der Waals surface area contributed by atoms with Gasteiger partial charge >= 0.3 is 0 Å². The van der Waals surface area contributed by atoms with Crippen molar-refractivity contribution in [2.75, 3.05) is 45.9 Å². The van der Waals surface area contributed by atoms with Gasteiger partial charge in [0.15, 0.2) is 5.96 Å². The number of aromatic nitrogens is 3. The zero-order valence-corrected chi connectivity index (χ0v) is 22.6. The van der Waals surface area contributed by atoms with E-state index in [9.17, 15) is 0 Å². The molecule has 0 bridgehead atoms. The monoisotopic (exact) mass is 569 g/mol. The van der Waals surface area contributed by atoms with Crippen molar-refractivity contribution < 1.29 is 4.74 Å². The largest absolute Gasteiger partial charge is 0.374 e. The number of aryl methyl sites for hydroxylation is 1. The Bertz CT molecular complexity index is 812. The summed E-state index contributed by atoms with van der Waals surface area (Å²) in [6.07, 6.45) is 3.76. The maximum atomic E-state index is 5.98. The predicted octanol–water partition coefficient (Wildman–Crippen LogP) is 2.59. The second kappa shape index (κ2) is 15.2. The number of morpholine rings is 1. The zero-order valence-electron chi connectivity index (χ0n) is 20.2. The number of hydrogen-bond acceptors (Lipinski definition) is 5. The van der Waals surface area contributed by atoms with Gasteiger partial charge in [0.1, 0.15) is 12.2 Å². The van der Waals surface area contributed by atoms with Crippen LogP contribution in [-0.2, 0) is 24.1 Å². The van der Waals surface area contributed by atoms with Gasteiger partial charge in [-0.1, -0.05) is 51.1 Å². The number of aliphatic imine (C=N–C) groups is 1. The third-order valence-corrected chi connectivity index (χ3v) is 5.51. The van der Waals surface area contributed by atoms with Crippen molar-refractivity contribution in [3.05, 3.63) is 48.0 Å². The molecule has 1 atom stereocenters. The average molecular weight is 570 g/mol. The number of rotatable bonds is 11. The molecule has 1 fully saturated rings. The zero-order chi connectivity index (χ0) is 22.6. The Balaban J connectivity index is 0.00000385. The normalized spacial score (nSPS) is 17.1. The molecule has 2 aromatic rings. The van der Waals surface area contributed by atoms with E-state index in [4.69, 9.17) is 9.73 Å². The van der Waals surface area contributed by atoms with Crippen LogP contribution in [0.15, 0.2) is 41.7 Å². The Hall–Kier alpha value is -1.72. The third-order valence-electron chi connectivity index (χ3n) is 5.51. The summed E-state index contributed by atoms with van der Waals surface area (Å²) in [7, 11) is 0. The van der Waals surface area contributed by atoms with Crippen molar-refractivity contribution >= 4 is 29.9 Å². The van der Waals surface area contributed by atoms with Crippen LogP contribution in [0.5, 0.6) is 0 Å². The maximum absolute atomic E-state index is 5.98. The van der Waals surface area contributed by atoms with Crippen LogP contribution in [0.1, 0.15) is 32.2 Å². The first kappa shape index (κ1) is 27.5. The Morgan fingerprint density at radius 2 is 2.00 bits per heavy atom. The summed E-state index contributed by atoms with van der Waals surface area (Å²) >= 11 is 0. The van der Waals surface area contributed by atoms with Crippen molar-refractivity contribution in [1.29, 1.82) is 0 Å². The van der Waals surface area contributed by atoms with Crippen LogP contribution in [0.3, 0.4) is 0 Å². The molecule has 2 heterocycles. The molecule has 33 heavy (non-hydrogen) atoms. The second-order valence-corrected chi connectivity index (χ2v) is 8.72. The summed E-state index contributed by atoms with van der Waals surface area (Å²) < 4.78 is 8.07. The van der Waals surface area contributed by atoms with Gasteiger partial charge in [-0.3, -0.25) is 9.89 Å². The third kappa shape index (κ3) is 9.97. The van der Waals surface area contributed by atoms with Gasteiger partial charge in [0.25, 0.3) is 0 Å². The fraction of sp³-hybridized carbons (Fsp3) is 0.625. The summed E-state index contributed by atoms with van der Waals surface area (Å²) in [5.74, 6) is 2.50. The minimum absolute atomic E-state index is 0. The SMILES string of the molecule is CCc1nncn1CCNC(=NCC1CN(CC(C)C)CCO1)NCCc1ccccc1.I. The smallest absolute Gasteiger partial charge is 0.191 e. The Kier molecular flexibility index (Phi) is 12.7. The van der Waals surface area contributed by atoms with Crippen molar-refractivity contribution in [3.8, 4) is 0 Å². The molecule has 184 valence electrons. The number of nitrogens with zero attached hydrogens (tertiary/aromatic N) is 5. The van der Waals surface area contributed by atoms with Crippen LogP contribution in [0.25, 0.3) is 0 Å². The fourth-order valence-corrected chi connectivity index (χ4v) is 3.94. The summed E-state index contributed by atoms with van der Waals surface area (Å²) in [5, 5.41) is 15.1. The highest BCUT2D eigenvalue weighted by Gasteiger charge is 2.20. The first-order valence-corrected chi connectivity index (χ1v) is 11.9. The summed E-state index contributed by atoms with van der Waals surface area (Å²) in [6, 6.07) is 10.5. The number of ether oxygens (including phenoxy) is 1. The molecular formula is C24H40IN7O. The number of nitrogens with one attached hydrogen (secondary N) is 2. The topological polar surface area (TPSA) is 79.6 Å².